The van der Waals surface area contributed by atoms with Crippen LogP contribution in [-0.2, 0) is 11.2 Å². The third-order valence-corrected chi connectivity index (χ3v) is 4.46. The van der Waals surface area contributed by atoms with Gasteiger partial charge < -0.3 is 10.2 Å². The number of hydrogen-bond donors (Lipinski definition) is 1. The van der Waals surface area contributed by atoms with Gasteiger partial charge >= 0.3 is 0 Å². The standard InChI is InChI=1S/C15H22N2OS/c1-17(15(18)14-12-19-11-9-16-14)10-5-8-13-6-3-2-4-7-13/h2-4,6-7,14,16H,5,8-12H2,1H3. The maximum atomic E-state index is 12.2. The first-order valence-corrected chi connectivity index (χ1v) is 8.03. The van der Waals surface area contributed by atoms with Crippen LogP contribution in [0.2, 0.25) is 0 Å². The lowest BCUT2D eigenvalue weighted by atomic mass is 10.1. The maximum Gasteiger partial charge on any atom is 0.240 e. The molecular weight excluding hydrogens is 256 g/mol. The Labute approximate surface area is 119 Å². The summed E-state index contributed by atoms with van der Waals surface area (Å²) in [6.07, 6.45) is 2.05. The smallest absolute Gasteiger partial charge is 0.240 e. The van der Waals surface area contributed by atoms with Gasteiger partial charge in [0.2, 0.25) is 5.91 Å². The molecule has 1 heterocycles. The highest BCUT2D eigenvalue weighted by atomic mass is 32.2. The molecule has 104 valence electrons. The summed E-state index contributed by atoms with van der Waals surface area (Å²) >= 11 is 1.86. The SMILES string of the molecule is CN(CCCc1ccccc1)C(=O)C1CSCCN1. The minimum Gasteiger partial charge on any atom is -0.344 e. The van der Waals surface area contributed by atoms with Crippen LogP contribution < -0.4 is 5.32 Å². The Kier molecular flexibility index (Phi) is 5.73. The number of rotatable bonds is 5. The molecule has 1 atom stereocenters. The van der Waals surface area contributed by atoms with Crippen molar-refractivity contribution < 1.29 is 4.79 Å². The predicted molar refractivity (Wildman–Crippen MR) is 81.5 cm³/mol. The molecule has 0 aromatic heterocycles. The van der Waals surface area contributed by atoms with Gasteiger partial charge in [0.1, 0.15) is 0 Å². The zero-order chi connectivity index (χ0) is 13.5. The Hall–Kier alpha value is -1.00. The molecule has 1 amide bonds. The highest BCUT2D eigenvalue weighted by Gasteiger charge is 2.23. The lowest BCUT2D eigenvalue weighted by Gasteiger charge is -2.27. The monoisotopic (exact) mass is 278 g/mol. The number of thioether (sulfide) groups is 1. The van der Waals surface area contributed by atoms with E-state index in [-0.39, 0.29) is 11.9 Å². The highest BCUT2D eigenvalue weighted by Crippen LogP contribution is 2.10. The molecular formula is C15H22N2OS. The highest BCUT2D eigenvalue weighted by molar-refractivity contribution is 7.99. The predicted octanol–water partition coefficient (Wildman–Crippen LogP) is 1.78. The van der Waals surface area contributed by atoms with Gasteiger partial charge in [0.25, 0.3) is 0 Å². The van der Waals surface area contributed by atoms with Gasteiger partial charge in [0, 0.05) is 31.6 Å². The lowest BCUT2D eigenvalue weighted by Crippen LogP contribution is -2.49. The topological polar surface area (TPSA) is 32.3 Å². The fourth-order valence-corrected chi connectivity index (χ4v) is 3.19. The van der Waals surface area contributed by atoms with E-state index in [1.165, 1.54) is 5.56 Å². The number of aryl methyl sites for hydroxylation is 1. The molecule has 1 aromatic rings. The van der Waals surface area contributed by atoms with E-state index < -0.39 is 0 Å². The van der Waals surface area contributed by atoms with Crippen LogP contribution in [0.25, 0.3) is 0 Å². The van der Waals surface area contributed by atoms with Gasteiger partial charge in [0.15, 0.2) is 0 Å². The second-order valence-corrected chi connectivity index (χ2v) is 6.08. The summed E-state index contributed by atoms with van der Waals surface area (Å²) in [6, 6.07) is 10.5. The number of amides is 1. The van der Waals surface area contributed by atoms with Crippen molar-refractivity contribution in [2.45, 2.75) is 18.9 Å². The molecule has 3 nitrogen and oxygen atoms in total. The lowest BCUT2D eigenvalue weighted by molar-refractivity contribution is -0.131. The van der Waals surface area contributed by atoms with E-state index in [0.29, 0.717) is 0 Å². The molecule has 1 fully saturated rings. The van der Waals surface area contributed by atoms with Crippen LogP contribution in [0.5, 0.6) is 0 Å². The number of nitrogens with one attached hydrogen (secondary N) is 1. The van der Waals surface area contributed by atoms with Crippen LogP contribution in [0.15, 0.2) is 30.3 Å². The Bertz CT molecular complexity index is 390. The fourth-order valence-electron chi connectivity index (χ4n) is 2.27. The summed E-state index contributed by atoms with van der Waals surface area (Å²) in [5.74, 6) is 2.25. The van der Waals surface area contributed by atoms with Crippen molar-refractivity contribution in [3.63, 3.8) is 0 Å². The summed E-state index contributed by atoms with van der Waals surface area (Å²) in [7, 11) is 1.91. The fraction of sp³-hybridized carbons (Fsp3) is 0.533. The molecule has 0 aliphatic carbocycles. The van der Waals surface area contributed by atoms with Crippen LogP contribution in [0.3, 0.4) is 0 Å². The van der Waals surface area contributed by atoms with Crippen LogP contribution in [0.4, 0.5) is 0 Å². The largest absolute Gasteiger partial charge is 0.344 e. The summed E-state index contributed by atoms with van der Waals surface area (Å²) in [5, 5.41) is 3.30. The third-order valence-electron chi connectivity index (χ3n) is 3.40. The summed E-state index contributed by atoms with van der Waals surface area (Å²) in [6.45, 7) is 1.77. The van der Waals surface area contributed by atoms with E-state index in [1.807, 2.05) is 29.8 Å². The quantitative estimate of drug-likeness (QED) is 0.891. The number of carbonyl (C=O) groups excluding carboxylic acids is 1. The van der Waals surface area contributed by atoms with E-state index in [9.17, 15) is 4.79 Å². The van der Waals surface area contributed by atoms with Crippen LogP contribution in [0.1, 0.15) is 12.0 Å². The van der Waals surface area contributed by atoms with Gasteiger partial charge in [-0.1, -0.05) is 30.3 Å². The van der Waals surface area contributed by atoms with Crippen LogP contribution in [0, 0.1) is 0 Å². The van der Waals surface area contributed by atoms with Gasteiger partial charge in [-0.15, -0.1) is 0 Å². The first-order chi connectivity index (χ1) is 9.27. The molecule has 0 spiro atoms. The van der Waals surface area contributed by atoms with Crippen molar-refractivity contribution in [1.29, 1.82) is 0 Å². The van der Waals surface area contributed by atoms with E-state index >= 15 is 0 Å². The first kappa shape index (κ1) is 14.4. The van der Waals surface area contributed by atoms with Gasteiger partial charge in [0.05, 0.1) is 6.04 Å². The minimum atomic E-state index is 0.0143. The molecule has 19 heavy (non-hydrogen) atoms. The second kappa shape index (κ2) is 7.56. The Morgan fingerprint density at radius 3 is 2.89 bits per heavy atom. The summed E-state index contributed by atoms with van der Waals surface area (Å²) in [5.41, 5.74) is 1.34. The van der Waals surface area contributed by atoms with Crippen molar-refractivity contribution in [1.82, 2.24) is 10.2 Å². The normalized spacial score (nSPS) is 19.1. The molecule has 1 aromatic carbocycles. The Morgan fingerprint density at radius 1 is 1.42 bits per heavy atom. The minimum absolute atomic E-state index is 0.0143. The molecule has 1 aliphatic rings. The van der Waals surface area contributed by atoms with Crippen LogP contribution >= 0.6 is 11.8 Å². The van der Waals surface area contributed by atoms with Crippen molar-refractivity contribution in [2.24, 2.45) is 0 Å². The zero-order valence-corrected chi connectivity index (χ0v) is 12.3. The number of hydrogen-bond acceptors (Lipinski definition) is 3. The first-order valence-electron chi connectivity index (χ1n) is 6.87. The van der Waals surface area contributed by atoms with Crippen molar-refractivity contribution in [3.8, 4) is 0 Å². The maximum absolute atomic E-state index is 12.2. The number of carbonyl (C=O) groups is 1. The number of benzene rings is 1. The third kappa shape index (κ3) is 4.55. The van der Waals surface area contributed by atoms with Crippen molar-refractivity contribution >= 4 is 17.7 Å². The molecule has 2 rings (SSSR count). The van der Waals surface area contributed by atoms with E-state index in [1.54, 1.807) is 0 Å². The molecule has 4 heteroatoms. The van der Waals surface area contributed by atoms with Crippen molar-refractivity contribution in [2.75, 3.05) is 31.6 Å². The zero-order valence-electron chi connectivity index (χ0n) is 11.5. The average Bonchev–Trinajstić information content (AvgIpc) is 2.48. The molecule has 1 saturated heterocycles. The van der Waals surface area contributed by atoms with Crippen LogP contribution in [-0.4, -0.2) is 48.5 Å². The molecule has 1 aliphatic heterocycles. The van der Waals surface area contributed by atoms with Gasteiger partial charge in [-0.3, -0.25) is 4.79 Å². The number of likely N-dealkylation sites (N-methyl/N-ethyl adjacent to an activating group) is 1. The van der Waals surface area contributed by atoms with E-state index in [2.05, 4.69) is 29.6 Å². The Balaban J connectivity index is 1.71. The Morgan fingerprint density at radius 2 is 2.21 bits per heavy atom. The van der Waals surface area contributed by atoms with Gasteiger partial charge in [-0.2, -0.15) is 11.8 Å². The van der Waals surface area contributed by atoms with Crippen molar-refractivity contribution in [3.05, 3.63) is 35.9 Å². The van der Waals surface area contributed by atoms with E-state index in [0.717, 1.165) is 37.4 Å². The molecule has 0 saturated carbocycles. The van der Waals surface area contributed by atoms with Gasteiger partial charge in [-0.05, 0) is 18.4 Å². The average molecular weight is 278 g/mol. The summed E-state index contributed by atoms with van der Waals surface area (Å²) < 4.78 is 0. The number of nitrogens with zero attached hydrogens (tertiary/aromatic N) is 1. The van der Waals surface area contributed by atoms with E-state index in [4.69, 9.17) is 0 Å². The molecule has 0 radical (unpaired) electrons. The second-order valence-electron chi connectivity index (χ2n) is 4.93. The molecule has 1 unspecified atom stereocenters. The summed E-state index contributed by atoms with van der Waals surface area (Å²) in [4.78, 5) is 14.1. The molecule has 0 bridgehead atoms. The van der Waals surface area contributed by atoms with Gasteiger partial charge in [-0.25, -0.2) is 0 Å². The molecule has 1 N–H and O–H groups in total.